The Balaban J connectivity index is 1.71. The zero-order chi connectivity index (χ0) is 25.8. The van der Waals surface area contributed by atoms with Gasteiger partial charge in [0.2, 0.25) is 0 Å². The predicted molar refractivity (Wildman–Crippen MR) is 141 cm³/mol. The molecular weight excluding hydrogens is 475 g/mol. The summed E-state index contributed by atoms with van der Waals surface area (Å²) in [5.41, 5.74) is 3.67. The standard InChI is InChI=1S/C29H25FN2O3S/c1-16-5-14-21-22(15-16)36-28(31-21)32-24(17-6-10-19(11-7-17)29(2,3)4)23(26(34)27(32)35)25(33)18-8-12-20(30)13-9-18/h5-15,24,33H,1-4H3/b25-23+/t24-/m0/s1. The monoisotopic (exact) mass is 500 g/mol. The molecule has 1 N–H and O–H groups in total. The molecule has 182 valence electrons. The molecule has 1 saturated heterocycles. The number of nitrogens with zero attached hydrogens (tertiary/aromatic N) is 2. The maximum Gasteiger partial charge on any atom is 0.301 e. The summed E-state index contributed by atoms with van der Waals surface area (Å²) in [6, 6.07) is 17.8. The molecule has 1 fully saturated rings. The minimum Gasteiger partial charge on any atom is -0.507 e. The van der Waals surface area contributed by atoms with Crippen LogP contribution in [-0.2, 0) is 15.0 Å². The van der Waals surface area contributed by atoms with E-state index in [1.807, 2.05) is 49.4 Å². The number of hydrogen-bond acceptors (Lipinski definition) is 5. The van der Waals surface area contributed by atoms with Crippen LogP contribution in [0.2, 0.25) is 0 Å². The van der Waals surface area contributed by atoms with Crippen LogP contribution < -0.4 is 4.90 Å². The molecule has 0 spiro atoms. The van der Waals surface area contributed by atoms with E-state index >= 15 is 0 Å². The number of benzene rings is 3. The fraction of sp³-hybridized carbons (Fsp3) is 0.207. The number of halogens is 1. The zero-order valence-corrected chi connectivity index (χ0v) is 21.2. The van der Waals surface area contributed by atoms with Crippen LogP contribution in [0.4, 0.5) is 9.52 Å². The number of carbonyl (C=O) groups excluding carboxylic acids is 2. The van der Waals surface area contributed by atoms with Crippen LogP contribution in [0.5, 0.6) is 0 Å². The summed E-state index contributed by atoms with van der Waals surface area (Å²) in [4.78, 5) is 32.8. The second-order valence-corrected chi connectivity index (χ2v) is 11.0. The summed E-state index contributed by atoms with van der Waals surface area (Å²) >= 11 is 1.32. The van der Waals surface area contributed by atoms with Crippen molar-refractivity contribution in [3.63, 3.8) is 0 Å². The predicted octanol–water partition coefficient (Wildman–Crippen LogP) is 6.67. The van der Waals surface area contributed by atoms with E-state index in [0.717, 1.165) is 21.3 Å². The molecule has 1 aliphatic heterocycles. The Hall–Kier alpha value is -3.84. The van der Waals surface area contributed by atoms with E-state index < -0.39 is 23.5 Å². The summed E-state index contributed by atoms with van der Waals surface area (Å²) in [6.07, 6.45) is 0. The van der Waals surface area contributed by atoms with Gasteiger partial charge in [-0.15, -0.1) is 0 Å². The Morgan fingerprint density at radius 2 is 1.67 bits per heavy atom. The van der Waals surface area contributed by atoms with Crippen molar-refractivity contribution < 1.29 is 19.1 Å². The Morgan fingerprint density at radius 1 is 1.00 bits per heavy atom. The first-order valence-electron chi connectivity index (χ1n) is 11.6. The normalized spacial score (nSPS) is 17.8. The van der Waals surface area contributed by atoms with Crippen LogP contribution in [0, 0.1) is 12.7 Å². The lowest BCUT2D eigenvalue weighted by atomic mass is 9.85. The first-order valence-corrected chi connectivity index (χ1v) is 12.4. The SMILES string of the molecule is Cc1ccc2nc(N3C(=O)C(=O)/C(=C(/O)c4ccc(F)cc4)[C@@H]3c3ccc(C(C)(C)C)cc3)sc2c1. The van der Waals surface area contributed by atoms with Crippen LogP contribution in [0.25, 0.3) is 16.0 Å². The zero-order valence-electron chi connectivity index (χ0n) is 20.4. The van der Waals surface area contributed by atoms with Gasteiger partial charge in [0.05, 0.1) is 21.8 Å². The van der Waals surface area contributed by atoms with Crippen LogP contribution in [0.15, 0.2) is 72.3 Å². The van der Waals surface area contributed by atoms with E-state index in [4.69, 9.17) is 0 Å². The molecule has 4 aromatic rings. The molecule has 36 heavy (non-hydrogen) atoms. The number of ketones is 1. The van der Waals surface area contributed by atoms with Gasteiger partial charge in [-0.05, 0) is 65.4 Å². The van der Waals surface area contributed by atoms with Gasteiger partial charge in [0, 0.05) is 5.56 Å². The lowest BCUT2D eigenvalue weighted by Crippen LogP contribution is -2.29. The number of hydrogen-bond donors (Lipinski definition) is 1. The molecular formula is C29H25FN2O3S. The first-order chi connectivity index (χ1) is 17.0. The number of aliphatic hydroxyl groups is 1. The Morgan fingerprint density at radius 3 is 2.31 bits per heavy atom. The third kappa shape index (κ3) is 4.09. The lowest BCUT2D eigenvalue weighted by Gasteiger charge is -2.24. The van der Waals surface area contributed by atoms with Crippen molar-refractivity contribution in [3.05, 3.63) is 100 Å². The number of thiazole rings is 1. The summed E-state index contributed by atoms with van der Waals surface area (Å²) in [6.45, 7) is 8.29. The number of rotatable bonds is 3. The van der Waals surface area contributed by atoms with E-state index in [1.54, 1.807) is 0 Å². The van der Waals surface area contributed by atoms with E-state index in [2.05, 4.69) is 25.8 Å². The Bertz CT molecular complexity index is 1530. The van der Waals surface area contributed by atoms with Crippen molar-refractivity contribution in [2.75, 3.05) is 4.90 Å². The highest BCUT2D eigenvalue weighted by molar-refractivity contribution is 7.22. The van der Waals surface area contributed by atoms with Gasteiger partial charge < -0.3 is 5.11 Å². The second-order valence-electron chi connectivity index (χ2n) is 10.0. The van der Waals surface area contributed by atoms with E-state index in [-0.39, 0.29) is 22.3 Å². The van der Waals surface area contributed by atoms with Gasteiger partial charge in [-0.3, -0.25) is 14.5 Å². The van der Waals surface area contributed by atoms with Gasteiger partial charge in [0.1, 0.15) is 11.6 Å². The van der Waals surface area contributed by atoms with Crippen molar-refractivity contribution in [3.8, 4) is 0 Å². The fourth-order valence-corrected chi connectivity index (χ4v) is 5.49. The molecule has 7 heteroatoms. The Kier molecular flexibility index (Phi) is 5.75. The quantitative estimate of drug-likeness (QED) is 0.194. The molecule has 0 unspecified atom stereocenters. The third-order valence-electron chi connectivity index (χ3n) is 6.39. The van der Waals surface area contributed by atoms with Crippen molar-refractivity contribution in [2.24, 2.45) is 0 Å². The smallest absolute Gasteiger partial charge is 0.301 e. The average molecular weight is 501 g/mol. The van der Waals surface area contributed by atoms with Crippen LogP contribution in [0.1, 0.15) is 49.1 Å². The molecule has 3 aromatic carbocycles. The van der Waals surface area contributed by atoms with Crippen LogP contribution in [0.3, 0.4) is 0 Å². The number of Topliss-reactive ketones (excluding diaryl/α,β-unsaturated/α-hetero) is 1. The van der Waals surface area contributed by atoms with Gasteiger partial charge in [0.25, 0.3) is 5.78 Å². The molecule has 5 rings (SSSR count). The molecule has 1 amide bonds. The molecule has 1 aliphatic rings. The van der Waals surface area contributed by atoms with E-state index in [9.17, 15) is 19.1 Å². The molecule has 5 nitrogen and oxygen atoms in total. The minimum absolute atomic E-state index is 0.0504. The van der Waals surface area contributed by atoms with Crippen LogP contribution in [-0.4, -0.2) is 21.8 Å². The highest BCUT2D eigenvalue weighted by atomic mass is 32.1. The molecule has 0 saturated carbocycles. The number of aromatic nitrogens is 1. The topological polar surface area (TPSA) is 70.5 Å². The number of anilines is 1. The number of carbonyl (C=O) groups is 2. The molecule has 0 bridgehead atoms. The van der Waals surface area contributed by atoms with Gasteiger partial charge in [-0.25, -0.2) is 9.37 Å². The van der Waals surface area contributed by atoms with Crippen molar-refractivity contribution in [1.82, 2.24) is 4.98 Å². The molecule has 0 radical (unpaired) electrons. The highest BCUT2D eigenvalue weighted by Crippen LogP contribution is 2.44. The van der Waals surface area contributed by atoms with Gasteiger partial charge >= 0.3 is 5.91 Å². The lowest BCUT2D eigenvalue weighted by molar-refractivity contribution is -0.132. The average Bonchev–Trinajstić information content (AvgIpc) is 3.36. The number of amides is 1. The molecule has 0 aliphatic carbocycles. The number of fused-ring (bicyclic) bond motifs is 1. The summed E-state index contributed by atoms with van der Waals surface area (Å²) in [7, 11) is 0. The van der Waals surface area contributed by atoms with Crippen LogP contribution >= 0.6 is 11.3 Å². The van der Waals surface area contributed by atoms with Crippen molar-refractivity contribution in [1.29, 1.82) is 0 Å². The second kappa shape index (κ2) is 8.68. The summed E-state index contributed by atoms with van der Waals surface area (Å²) < 4.78 is 14.4. The summed E-state index contributed by atoms with van der Waals surface area (Å²) in [5.74, 6) is -2.39. The van der Waals surface area contributed by atoms with E-state index in [1.165, 1.54) is 40.5 Å². The molecule has 1 atom stereocenters. The van der Waals surface area contributed by atoms with Crippen molar-refractivity contribution in [2.45, 2.75) is 39.2 Å². The largest absolute Gasteiger partial charge is 0.507 e. The van der Waals surface area contributed by atoms with Gasteiger partial charge in [-0.2, -0.15) is 0 Å². The third-order valence-corrected chi connectivity index (χ3v) is 7.41. The molecule has 2 heterocycles. The van der Waals surface area contributed by atoms with Gasteiger partial charge in [-0.1, -0.05) is 62.4 Å². The maximum atomic E-state index is 13.5. The maximum absolute atomic E-state index is 13.5. The van der Waals surface area contributed by atoms with E-state index in [0.29, 0.717) is 10.7 Å². The summed E-state index contributed by atoms with van der Waals surface area (Å²) in [5, 5.41) is 11.6. The van der Waals surface area contributed by atoms with Crippen molar-refractivity contribution >= 4 is 44.1 Å². The number of aliphatic hydroxyl groups excluding tert-OH is 1. The minimum atomic E-state index is -0.884. The molecule has 1 aromatic heterocycles. The Labute approximate surface area is 212 Å². The number of aryl methyl sites for hydroxylation is 1. The van der Waals surface area contributed by atoms with Gasteiger partial charge in [0.15, 0.2) is 5.13 Å². The fourth-order valence-electron chi connectivity index (χ4n) is 4.40. The first kappa shape index (κ1) is 23.9. The highest BCUT2D eigenvalue weighted by Gasteiger charge is 2.48.